The van der Waals surface area contributed by atoms with Crippen LogP contribution < -0.4 is 0 Å². The van der Waals surface area contributed by atoms with Crippen LogP contribution in [0.5, 0.6) is 0 Å². The Hall–Kier alpha value is -2.37. The highest BCUT2D eigenvalue weighted by Gasteiger charge is 2.48. The van der Waals surface area contributed by atoms with Gasteiger partial charge in [-0.25, -0.2) is 0 Å². The summed E-state index contributed by atoms with van der Waals surface area (Å²) in [6.45, 7) is 4.32. The number of carbonyl (C=O) groups is 3. The van der Waals surface area contributed by atoms with E-state index in [0.29, 0.717) is 6.42 Å². The molecule has 1 rings (SSSR count). The van der Waals surface area contributed by atoms with Crippen molar-refractivity contribution >= 4 is 17.9 Å². The molecule has 0 radical (unpaired) electrons. The zero-order chi connectivity index (χ0) is 24.0. The number of aryl methyl sites for hydroxylation is 1. The van der Waals surface area contributed by atoms with Crippen molar-refractivity contribution in [2.45, 2.75) is 97.3 Å². The largest absolute Gasteiger partial charge is 0.481 e. The minimum atomic E-state index is -2.28. The van der Waals surface area contributed by atoms with Gasteiger partial charge < -0.3 is 15.3 Å². The maximum atomic E-state index is 11.8. The molecule has 0 saturated heterocycles. The number of aliphatic carboxylic acids is 3. The summed E-state index contributed by atoms with van der Waals surface area (Å²) < 4.78 is 0. The molecule has 3 N–H and O–H groups in total. The van der Waals surface area contributed by atoms with E-state index in [9.17, 15) is 24.6 Å². The molecule has 6 nitrogen and oxygen atoms in total. The predicted octanol–water partition coefficient (Wildman–Crippen LogP) is 5.96. The van der Waals surface area contributed by atoms with Crippen LogP contribution in [0.2, 0.25) is 0 Å². The first-order chi connectivity index (χ1) is 15.2. The van der Waals surface area contributed by atoms with E-state index in [1.807, 2.05) is 0 Å². The molecular formula is C26H40O6. The Morgan fingerprint density at radius 1 is 0.781 bits per heavy atom. The fraction of sp³-hybridized carbons (Fsp3) is 0.654. The van der Waals surface area contributed by atoms with E-state index in [2.05, 4.69) is 38.1 Å². The summed E-state index contributed by atoms with van der Waals surface area (Å²) in [4.78, 5) is 34.8. The molecule has 1 aromatic carbocycles. The van der Waals surface area contributed by atoms with Crippen LogP contribution in [0.1, 0.15) is 95.6 Å². The van der Waals surface area contributed by atoms with E-state index in [1.165, 1.54) is 12.0 Å². The van der Waals surface area contributed by atoms with Gasteiger partial charge in [-0.05, 0) is 49.1 Å². The molecule has 0 amide bonds. The molecule has 6 heteroatoms. The van der Waals surface area contributed by atoms with Crippen LogP contribution in [0.15, 0.2) is 24.3 Å². The monoisotopic (exact) mass is 448 g/mol. The molecule has 1 unspecified atom stereocenters. The van der Waals surface area contributed by atoms with Gasteiger partial charge in [-0.3, -0.25) is 14.4 Å². The molecule has 0 aliphatic heterocycles. The van der Waals surface area contributed by atoms with Crippen molar-refractivity contribution in [1.29, 1.82) is 0 Å². The Balaban J connectivity index is 2.90. The summed E-state index contributed by atoms with van der Waals surface area (Å²) in [6.07, 6.45) is 9.84. The summed E-state index contributed by atoms with van der Waals surface area (Å²) >= 11 is 0. The molecule has 0 saturated carbocycles. The highest BCUT2D eigenvalue weighted by molar-refractivity contribution is 6.01. The number of rotatable bonds is 18. The number of carboxylic acid groups (broad SMARTS) is 3. The highest BCUT2D eigenvalue weighted by Crippen LogP contribution is 2.33. The number of hydrogen-bond acceptors (Lipinski definition) is 3. The third-order valence-electron chi connectivity index (χ3n) is 6.33. The number of hydrogen-bond donors (Lipinski definition) is 3. The second-order valence-electron chi connectivity index (χ2n) is 8.99. The van der Waals surface area contributed by atoms with Crippen LogP contribution in [0.25, 0.3) is 0 Å². The lowest BCUT2D eigenvalue weighted by Crippen LogP contribution is -2.41. The maximum absolute atomic E-state index is 11.8. The number of unbranched alkanes of at least 4 members (excludes halogenated alkanes) is 5. The van der Waals surface area contributed by atoms with Crippen molar-refractivity contribution < 1.29 is 29.7 Å². The van der Waals surface area contributed by atoms with Crippen molar-refractivity contribution in [3.63, 3.8) is 0 Å². The standard InChI is InChI=1S/C26H40O6/c1-3-5-7-8-9-11-21(18-22-14-12-20(13-15-22)10-6-4-2)16-17-26(24(29)30,25(31)32)19-23(27)28/h12-15,21H,3-11,16-19H2,1-2H3,(H,27,28)(H,29,30)(H,31,32). The van der Waals surface area contributed by atoms with Gasteiger partial charge in [0, 0.05) is 0 Å². The van der Waals surface area contributed by atoms with Crippen molar-refractivity contribution in [3.8, 4) is 0 Å². The lowest BCUT2D eigenvalue weighted by atomic mass is 9.76. The van der Waals surface area contributed by atoms with Gasteiger partial charge in [-0.2, -0.15) is 0 Å². The molecule has 0 heterocycles. The molecule has 0 aromatic heterocycles. The Morgan fingerprint density at radius 2 is 1.34 bits per heavy atom. The van der Waals surface area contributed by atoms with Gasteiger partial charge in [-0.15, -0.1) is 0 Å². The first kappa shape index (κ1) is 27.7. The maximum Gasteiger partial charge on any atom is 0.321 e. The third-order valence-corrected chi connectivity index (χ3v) is 6.33. The SMILES string of the molecule is CCCCCCCC(CCC(CC(=O)O)(C(=O)O)C(=O)O)Cc1ccc(CCCC)cc1. The van der Waals surface area contributed by atoms with Crippen molar-refractivity contribution in [2.24, 2.45) is 11.3 Å². The molecule has 1 aromatic rings. The average Bonchev–Trinajstić information content (AvgIpc) is 2.74. The van der Waals surface area contributed by atoms with Crippen LogP contribution in [0, 0.1) is 11.3 Å². The first-order valence-electron chi connectivity index (χ1n) is 12.0. The molecular weight excluding hydrogens is 408 g/mol. The van der Waals surface area contributed by atoms with Crippen LogP contribution in [0.4, 0.5) is 0 Å². The zero-order valence-corrected chi connectivity index (χ0v) is 19.6. The number of carboxylic acids is 3. The Labute approximate surface area is 192 Å². The summed E-state index contributed by atoms with van der Waals surface area (Å²) in [5, 5.41) is 28.3. The zero-order valence-electron chi connectivity index (χ0n) is 19.6. The van der Waals surface area contributed by atoms with Gasteiger partial charge >= 0.3 is 17.9 Å². The van der Waals surface area contributed by atoms with Gasteiger partial charge in [0.25, 0.3) is 0 Å². The summed E-state index contributed by atoms with van der Waals surface area (Å²) in [6, 6.07) is 8.47. The first-order valence-corrected chi connectivity index (χ1v) is 12.0. The fourth-order valence-corrected chi connectivity index (χ4v) is 4.19. The second kappa shape index (κ2) is 14.6. The lowest BCUT2D eigenvalue weighted by molar-refractivity contribution is -0.170. The molecule has 0 spiro atoms. The third kappa shape index (κ3) is 9.41. The second-order valence-corrected chi connectivity index (χ2v) is 8.99. The molecule has 0 fully saturated rings. The molecule has 180 valence electrons. The van der Waals surface area contributed by atoms with Crippen LogP contribution in [-0.4, -0.2) is 33.2 Å². The van der Waals surface area contributed by atoms with Crippen molar-refractivity contribution in [2.75, 3.05) is 0 Å². The molecule has 0 aliphatic rings. The van der Waals surface area contributed by atoms with E-state index < -0.39 is 29.7 Å². The topological polar surface area (TPSA) is 112 Å². The van der Waals surface area contributed by atoms with Crippen molar-refractivity contribution in [1.82, 2.24) is 0 Å². The predicted molar refractivity (Wildman–Crippen MR) is 125 cm³/mol. The minimum absolute atomic E-state index is 0.116. The van der Waals surface area contributed by atoms with Gasteiger partial charge in [0.05, 0.1) is 6.42 Å². The number of benzene rings is 1. The van der Waals surface area contributed by atoms with E-state index in [0.717, 1.165) is 63.4 Å². The van der Waals surface area contributed by atoms with Gasteiger partial charge in [0.15, 0.2) is 5.41 Å². The quantitative estimate of drug-likeness (QED) is 0.189. The van der Waals surface area contributed by atoms with E-state index >= 15 is 0 Å². The summed E-state index contributed by atoms with van der Waals surface area (Å²) in [5.74, 6) is -4.44. The van der Waals surface area contributed by atoms with Gasteiger partial charge in [-0.1, -0.05) is 83.1 Å². The Morgan fingerprint density at radius 3 is 1.88 bits per heavy atom. The van der Waals surface area contributed by atoms with Crippen LogP contribution >= 0.6 is 0 Å². The van der Waals surface area contributed by atoms with Gasteiger partial charge in [0.1, 0.15) is 0 Å². The smallest absolute Gasteiger partial charge is 0.321 e. The van der Waals surface area contributed by atoms with E-state index in [-0.39, 0.29) is 12.3 Å². The van der Waals surface area contributed by atoms with Crippen LogP contribution in [0.3, 0.4) is 0 Å². The minimum Gasteiger partial charge on any atom is -0.481 e. The van der Waals surface area contributed by atoms with E-state index in [1.54, 1.807) is 0 Å². The fourth-order valence-electron chi connectivity index (χ4n) is 4.19. The Bertz CT molecular complexity index is 696. The van der Waals surface area contributed by atoms with Crippen LogP contribution in [-0.2, 0) is 27.2 Å². The van der Waals surface area contributed by atoms with Gasteiger partial charge in [0.2, 0.25) is 0 Å². The molecule has 0 bridgehead atoms. The summed E-state index contributed by atoms with van der Waals surface area (Å²) in [5.41, 5.74) is 0.165. The molecule has 0 aliphatic carbocycles. The normalized spacial score (nSPS) is 12.4. The summed E-state index contributed by atoms with van der Waals surface area (Å²) in [7, 11) is 0. The Kier molecular flexibility index (Phi) is 12.7. The molecule has 1 atom stereocenters. The lowest BCUT2D eigenvalue weighted by Gasteiger charge is -2.26. The molecule has 32 heavy (non-hydrogen) atoms. The van der Waals surface area contributed by atoms with Crippen molar-refractivity contribution in [3.05, 3.63) is 35.4 Å². The highest BCUT2D eigenvalue weighted by atomic mass is 16.4. The average molecular weight is 449 g/mol. The van der Waals surface area contributed by atoms with E-state index in [4.69, 9.17) is 5.11 Å².